The number of carbonyl (C=O) groups excluding carboxylic acids is 3. The molecule has 0 unspecified atom stereocenters. The summed E-state index contributed by atoms with van der Waals surface area (Å²) in [5, 5.41) is 2.68. The van der Waals surface area contributed by atoms with E-state index in [9.17, 15) is 14.4 Å². The van der Waals surface area contributed by atoms with Crippen LogP contribution in [0.2, 0.25) is 0 Å². The van der Waals surface area contributed by atoms with Gasteiger partial charge in [-0.3, -0.25) is 14.4 Å². The average Bonchev–Trinajstić information content (AvgIpc) is 3.03. The van der Waals surface area contributed by atoms with Gasteiger partial charge < -0.3 is 15.0 Å². The highest BCUT2D eigenvalue weighted by molar-refractivity contribution is 6.00. The van der Waals surface area contributed by atoms with E-state index in [0.29, 0.717) is 5.69 Å². The van der Waals surface area contributed by atoms with Crippen molar-refractivity contribution in [2.24, 2.45) is 5.92 Å². The van der Waals surface area contributed by atoms with E-state index >= 15 is 0 Å². The highest BCUT2D eigenvalue weighted by Crippen LogP contribution is 2.27. The van der Waals surface area contributed by atoms with Crippen molar-refractivity contribution in [3.63, 3.8) is 0 Å². The first-order chi connectivity index (χ1) is 13.3. The van der Waals surface area contributed by atoms with E-state index in [1.807, 2.05) is 51.1 Å². The Bertz CT molecular complexity index is 885. The summed E-state index contributed by atoms with van der Waals surface area (Å²) in [6, 6.07) is 13.2. The number of ether oxygens (including phenoxy) is 1. The molecule has 2 aromatic carbocycles. The molecule has 1 aliphatic rings. The SMILES string of the molecule is Cc1ccc(NC(=O)COC(=O)[C@H]2CC(=O)N(c3cc(C)cc(C)c3)C2)cc1. The maximum absolute atomic E-state index is 12.4. The third kappa shape index (κ3) is 4.76. The second-order valence-electron chi connectivity index (χ2n) is 7.27. The zero-order valence-electron chi connectivity index (χ0n) is 16.3. The molecule has 6 heteroatoms. The lowest BCUT2D eigenvalue weighted by atomic mass is 10.1. The van der Waals surface area contributed by atoms with E-state index in [-0.39, 0.29) is 25.5 Å². The van der Waals surface area contributed by atoms with Crippen molar-refractivity contribution < 1.29 is 19.1 Å². The van der Waals surface area contributed by atoms with Crippen molar-refractivity contribution in [3.05, 3.63) is 59.2 Å². The fourth-order valence-corrected chi connectivity index (χ4v) is 3.31. The molecule has 3 rings (SSSR count). The first-order valence-electron chi connectivity index (χ1n) is 9.23. The van der Waals surface area contributed by atoms with Crippen LogP contribution in [0, 0.1) is 26.7 Å². The molecule has 1 saturated heterocycles. The molecule has 1 N–H and O–H groups in total. The molecule has 2 amide bonds. The summed E-state index contributed by atoms with van der Waals surface area (Å²) in [5.74, 6) is -1.62. The van der Waals surface area contributed by atoms with E-state index < -0.39 is 17.8 Å². The topological polar surface area (TPSA) is 75.7 Å². The number of anilines is 2. The van der Waals surface area contributed by atoms with Crippen LogP contribution in [0.5, 0.6) is 0 Å². The van der Waals surface area contributed by atoms with Crippen molar-refractivity contribution in [1.29, 1.82) is 0 Å². The fourth-order valence-electron chi connectivity index (χ4n) is 3.31. The smallest absolute Gasteiger partial charge is 0.311 e. The van der Waals surface area contributed by atoms with Crippen molar-refractivity contribution >= 4 is 29.2 Å². The van der Waals surface area contributed by atoms with Crippen LogP contribution in [-0.2, 0) is 19.1 Å². The van der Waals surface area contributed by atoms with Gasteiger partial charge in [0.15, 0.2) is 6.61 Å². The first kappa shape index (κ1) is 19.6. The predicted molar refractivity (Wildman–Crippen MR) is 107 cm³/mol. The minimum atomic E-state index is -0.569. The van der Waals surface area contributed by atoms with Gasteiger partial charge in [-0.25, -0.2) is 0 Å². The summed E-state index contributed by atoms with van der Waals surface area (Å²) in [6.07, 6.45) is 0.0887. The molecule has 0 bridgehead atoms. The second-order valence-corrected chi connectivity index (χ2v) is 7.27. The Labute approximate surface area is 164 Å². The van der Waals surface area contributed by atoms with Gasteiger partial charge in [0.25, 0.3) is 5.91 Å². The number of hydrogen-bond acceptors (Lipinski definition) is 4. The highest BCUT2D eigenvalue weighted by Gasteiger charge is 2.36. The molecule has 1 atom stereocenters. The van der Waals surface area contributed by atoms with Crippen LogP contribution in [0.1, 0.15) is 23.1 Å². The highest BCUT2D eigenvalue weighted by atomic mass is 16.5. The summed E-state index contributed by atoms with van der Waals surface area (Å²) >= 11 is 0. The van der Waals surface area contributed by atoms with Gasteiger partial charge in [0.1, 0.15) is 0 Å². The van der Waals surface area contributed by atoms with E-state index in [1.165, 1.54) is 0 Å². The molecule has 2 aromatic rings. The minimum absolute atomic E-state index is 0.0887. The van der Waals surface area contributed by atoms with Gasteiger partial charge in [-0.1, -0.05) is 23.8 Å². The van der Waals surface area contributed by atoms with Crippen molar-refractivity contribution in [2.75, 3.05) is 23.4 Å². The summed E-state index contributed by atoms with van der Waals surface area (Å²) in [6.45, 7) is 5.78. The van der Waals surface area contributed by atoms with Gasteiger partial charge >= 0.3 is 5.97 Å². The molecule has 146 valence electrons. The van der Waals surface area contributed by atoms with Gasteiger partial charge in [0.05, 0.1) is 5.92 Å². The Morgan fingerprint density at radius 2 is 1.68 bits per heavy atom. The van der Waals surface area contributed by atoms with Crippen LogP contribution in [0.3, 0.4) is 0 Å². The number of aryl methyl sites for hydroxylation is 3. The zero-order chi connectivity index (χ0) is 20.3. The molecular formula is C22H24N2O4. The van der Waals surface area contributed by atoms with Gasteiger partial charge in [0.2, 0.25) is 5.91 Å². The quantitative estimate of drug-likeness (QED) is 0.809. The van der Waals surface area contributed by atoms with Gasteiger partial charge in [-0.2, -0.15) is 0 Å². The molecular weight excluding hydrogens is 356 g/mol. The lowest BCUT2D eigenvalue weighted by molar-refractivity contribution is -0.151. The lowest BCUT2D eigenvalue weighted by Gasteiger charge is -2.18. The lowest BCUT2D eigenvalue weighted by Crippen LogP contribution is -2.28. The molecule has 1 fully saturated rings. The largest absolute Gasteiger partial charge is 0.455 e. The van der Waals surface area contributed by atoms with Crippen LogP contribution in [0.15, 0.2) is 42.5 Å². The Hall–Kier alpha value is -3.15. The maximum atomic E-state index is 12.4. The fraction of sp³-hybridized carbons (Fsp3) is 0.318. The standard InChI is InChI=1S/C22H24N2O4/c1-14-4-6-18(7-5-14)23-20(25)13-28-22(27)17-11-21(26)24(12-17)19-9-15(2)8-16(3)10-19/h4-10,17H,11-13H2,1-3H3,(H,23,25)/t17-/m0/s1. The van der Waals surface area contributed by atoms with E-state index in [0.717, 1.165) is 22.4 Å². The average molecular weight is 380 g/mol. The monoisotopic (exact) mass is 380 g/mol. The molecule has 1 heterocycles. The maximum Gasteiger partial charge on any atom is 0.311 e. The molecule has 28 heavy (non-hydrogen) atoms. The van der Waals surface area contributed by atoms with Crippen LogP contribution in [-0.4, -0.2) is 30.9 Å². The Balaban J connectivity index is 1.54. The van der Waals surface area contributed by atoms with Gasteiger partial charge in [0, 0.05) is 24.3 Å². The third-order valence-corrected chi connectivity index (χ3v) is 4.66. The minimum Gasteiger partial charge on any atom is -0.455 e. The summed E-state index contributed by atoms with van der Waals surface area (Å²) in [4.78, 5) is 38.3. The van der Waals surface area contributed by atoms with Gasteiger partial charge in [-0.05, 0) is 56.2 Å². The Morgan fingerprint density at radius 1 is 1.04 bits per heavy atom. The molecule has 0 saturated carbocycles. The van der Waals surface area contributed by atoms with Crippen molar-refractivity contribution in [2.45, 2.75) is 27.2 Å². The number of benzene rings is 2. The molecule has 0 spiro atoms. The summed E-state index contributed by atoms with van der Waals surface area (Å²) < 4.78 is 5.13. The van der Waals surface area contributed by atoms with Crippen LogP contribution < -0.4 is 10.2 Å². The van der Waals surface area contributed by atoms with Crippen LogP contribution in [0.25, 0.3) is 0 Å². The number of esters is 1. The summed E-state index contributed by atoms with van der Waals surface area (Å²) in [7, 11) is 0. The number of nitrogens with one attached hydrogen (secondary N) is 1. The summed E-state index contributed by atoms with van der Waals surface area (Å²) in [5.41, 5.74) is 4.63. The second kappa shape index (κ2) is 8.25. The molecule has 0 aliphatic carbocycles. The van der Waals surface area contributed by atoms with E-state index in [2.05, 4.69) is 5.32 Å². The van der Waals surface area contributed by atoms with Crippen LogP contribution >= 0.6 is 0 Å². The third-order valence-electron chi connectivity index (χ3n) is 4.66. The predicted octanol–water partition coefficient (Wildman–Crippen LogP) is 3.15. The number of amides is 2. The molecule has 0 radical (unpaired) electrons. The number of carbonyl (C=O) groups is 3. The number of nitrogens with zero attached hydrogens (tertiary/aromatic N) is 1. The Kier molecular flexibility index (Phi) is 5.78. The first-order valence-corrected chi connectivity index (χ1v) is 9.23. The Morgan fingerprint density at radius 3 is 2.32 bits per heavy atom. The number of rotatable bonds is 5. The van der Waals surface area contributed by atoms with E-state index in [4.69, 9.17) is 4.74 Å². The number of hydrogen-bond donors (Lipinski definition) is 1. The van der Waals surface area contributed by atoms with Crippen LogP contribution in [0.4, 0.5) is 11.4 Å². The normalized spacial score (nSPS) is 16.2. The molecule has 1 aliphatic heterocycles. The van der Waals surface area contributed by atoms with Crippen molar-refractivity contribution in [1.82, 2.24) is 0 Å². The zero-order valence-corrected chi connectivity index (χ0v) is 16.3. The van der Waals surface area contributed by atoms with E-state index in [1.54, 1.807) is 17.0 Å². The molecule has 0 aromatic heterocycles. The van der Waals surface area contributed by atoms with Crippen molar-refractivity contribution in [3.8, 4) is 0 Å². The van der Waals surface area contributed by atoms with Gasteiger partial charge in [-0.15, -0.1) is 0 Å². The molecule has 6 nitrogen and oxygen atoms in total.